The molecule has 0 fully saturated rings. The van der Waals surface area contributed by atoms with E-state index in [1.807, 2.05) is 35.7 Å². The van der Waals surface area contributed by atoms with Gasteiger partial charge < -0.3 is 0 Å². The van der Waals surface area contributed by atoms with E-state index in [0.717, 1.165) is 15.0 Å². The van der Waals surface area contributed by atoms with E-state index < -0.39 is 0 Å². The summed E-state index contributed by atoms with van der Waals surface area (Å²) < 4.78 is 1.07. The summed E-state index contributed by atoms with van der Waals surface area (Å²) in [5.74, 6) is 0. The van der Waals surface area contributed by atoms with Crippen LogP contribution in [0.1, 0.15) is 4.88 Å². The van der Waals surface area contributed by atoms with E-state index >= 15 is 0 Å². The van der Waals surface area contributed by atoms with E-state index in [9.17, 15) is 0 Å². The fraction of sp³-hybridized carbons (Fsp3) is 0. The minimum Gasteiger partial charge on any atom is -0.278 e. The van der Waals surface area contributed by atoms with Gasteiger partial charge in [-0.15, -0.1) is 11.3 Å². The number of nitrogens with zero attached hydrogens (tertiary/aromatic N) is 1. The molecule has 0 atom stereocenters. The van der Waals surface area contributed by atoms with Gasteiger partial charge in [0.05, 0.1) is 11.9 Å². The predicted molar refractivity (Wildman–Crippen MR) is 74.7 cm³/mol. The summed E-state index contributed by atoms with van der Waals surface area (Å²) in [6, 6.07) is 9.44. The molecule has 16 heavy (non-hydrogen) atoms. The first-order valence-electron chi connectivity index (χ1n) is 4.53. The number of benzene rings is 1. The van der Waals surface area contributed by atoms with Gasteiger partial charge in [-0.3, -0.25) is 5.43 Å². The lowest BCUT2D eigenvalue weighted by Crippen LogP contribution is -1.88. The van der Waals surface area contributed by atoms with Gasteiger partial charge in [-0.1, -0.05) is 17.7 Å². The zero-order valence-electron chi connectivity index (χ0n) is 8.15. The van der Waals surface area contributed by atoms with E-state index in [2.05, 4.69) is 26.5 Å². The Morgan fingerprint density at radius 1 is 1.38 bits per heavy atom. The van der Waals surface area contributed by atoms with Crippen LogP contribution in [0.25, 0.3) is 0 Å². The molecule has 0 aliphatic carbocycles. The van der Waals surface area contributed by atoms with Crippen LogP contribution in [-0.4, -0.2) is 6.21 Å². The Morgan fingerprint density at radius 3 is 2.94 bits per heavy atom. The maximum absolute atomic E-state index is 5.85. The highest BCUT2D eigenvalue weighted by Gasteiger charge is 1.93. The maximum Gasteiger partial charge on any atom is 0.0644 e. The van der Waals surface area contributed by atoms with Crippen LogP contribution in [0.15, 0.2) is 45.3 Å². The minimum absolute atomic E-state index is 0.694. The van der Waals surface area contributed by atoms with Crippen LogP contribution >= 0.6 is 38.9 Å². The van der Waals surface area contributed by atoms with Crippen molar-refractivity contribution in [3.8, 4) is 0 Å². The van der Waals surface area contributed by atoms with E-state index in [1.165, 1.54) is 0 Å². The quantitative estimate of drug-likeness (QED) is 0.649. The standard InChI is InChI=1S/C11H8BrClN2S/c12-8-4-11(16-7-8)6-14-15-10-3-1-2-9(13)5-10/h1-7,15H/b14-6-. The fourth-order valence-corrected chi connectivity index (χ4v) is 2.62. The zero-order valence-corrected chi connectivity index (χ0v) is 11.3. The Labute approximate surface area is 111 Å². The Hall–Kier alpha value is -0.840. The summed E-state index contributed by atoms with van der Waals surface area (Å²) in [5, 5.41) is 6.83. The fourth-order valence-electron chi connectivity index (χ4n) is 1.12. The Morgan fingerprint density at radius 2 is 2.25 bits per heavy atom. The molecular weight excluding hydrogens is 308 g/mol. The first-order valence-corrected chi connectivity index (χ1v) is 6.58. The number of halogens is 2. The van der Waals surface area contributed by atoms with Gasteiger partial charge in [0.15, 0.2) is 0 Å². The summed E-state index contributed by atoms with van der Waals surface area (Å²) >= 11 is 10.9. The molecule has 1 N–H and O–H groups in total. The van der Waals surface area contributed by atoms with Crippen molar-refractivity contribution in [2.45, 2.75) is 0 Å². The topological polar surface area (TPSA) is 24.4 Å². The smallest absolute Gasteiger partial charge is 0.0644 e. The van der Waals surface area contributed by atoms with E-state index in [0.29, 0.717) is 5.02 Å². The van der Waals surface area contributed by atoms with Gasteiger partial charge in [-0.25, -0.2) is 0 Å². The lowest BCUT2D eigenvalue weighted by molar-refractivity contribution is 1.35. The first kappa shape index (κ1) is 11.6. The molecule has 0 saturated heterocycles. The van der Waals surface area contributed by atoms with Crippen LogP contribution in [0.3, 0.4) is 0 Å². The van der Waals surface area contributed by atoms with Crippen molar-refractivity contribution in [1.29, 1.82) is 0 Å². The lowest BCUT2D eigenvalue weighted by atomic mass is 10.3. The van der Waals surface area contributed by atoms with E-state index in [1.54, 1.807) is 17.6 Å². The number of hydrogen-bond acceptors (Lipinski definition) is 3. The van der Waals surface area contributed by atoms with Crippen LogP contribution in [0.2, 0.25) is 5.02 Å². The molecule has 0 spiro atoms. The molecule has 1 aromatic carbocycles. The molecule has 82 valence electrons. The largest absolute Gasteiger partial charge is 0.278 e. The number of rotatable bonds is 3. The van der Waals surface area contributed by atoms with Gasteiger partial charge in [0.2, 0.25) is 0 Å². The van der Waals surface area contributed by atoms with E-state index in [-0.39, 0.29) is 0 Å². The van der Waals surface area contributed by atoms with Crippen molar-refractivity contribution in [1.82, 2.24) is 0 Å². The third kappa shape index (κ3) is 3.33. The van der Waals surface area contributed by atoms with Crippen molar-refractivity contribution >= 4 is 50.8 Å². The predicted octanol–water partition coefficient (Wildman–Crippen LogP) is 4.61. The van der Waals surface area contributed by atoms with E-state index in [4.69, 9.17) is 11.6 Å². The van der Waals surface area contributed by atoms with Crippen LogP contribution < -0.4 is 5.43 Å². The molecule has 5 heteroatoms. The molecule has 1 aromatic heterocycles. The highest BCUT2D eigenvalue weighted by molar-refractivity contribution is 9.10. The summed E-state index contributed by atoms with van der Waals surface area (Å²) in [6.45, 7) is 0. The van der Waals surface area contributed by atoms with Crippen molar-refractivity contribution in [2.24, 2.45) is 5.10 Å². The monoisotopic (exact) mass is 314 g/mol. The molecule has 0 amide bonds. The van der Waals surface area contributed by atoms with Crippen molar-refractivity contribution in [2.75, 3.05) is 5.43 Å². The molecule has 1 heterocycles. The third-order valence-electron chi connectivity index (χ3n) is 1.80. The number of hydrogen-bond donors (Lipinski definition) is 1. The zero-order chi connectivity index (χ0) is 11.4. The van der Waals surface area contributed by atoms with Crippen molar-refractivity contribution in [3.63, 3.8) is 0 Å². The Bertz CT molecular complexity index is 510. The maximum atomic E-state index is 5.85. The van der Waals surface area contributed by atoms with Gasteiger partial charge in [0, 0.05) is 19.8 Å². The van der Waals surface area contributed by atoms with Crippen molar-refractivity contribution < 1.29 is 0 Å². The van der Waals surface area contributed by atoms with Gasteiger partial charge in [0.25, 0.3) is 0 Å². The molecule has 2 nitrogen and oxygen atoms in total. The molecule has 0 saturated carbocycles. The third-order valence-corrected chi connectivity index (χ3v) is 3.66. The molecule has 0 radical (unpaired) electrons. The second-order valence-electron chi connectivity index (χ2n) is 3.05. The second kappa shape index (κ2) is 5.48. The van der Waals surface area contributed by atoms with Gasteiger partial charge in [-0.2, -0.15) is 5.10 Å². The van der Waals surface area contributed by atoms with Crippen LogP contribution in [-0.2, 0) is 0 Å². The minimum atomic E-state index is 0.694. The molecular formula is C11H8BrClN2S. The first-order chi connectivity index (χ1) is 7.74. The average molecular weight is 316 g/mol. The number of thiophene rings is 1. The molecule has 2 aromatic rings. The van der Waals surface area contributed by atoms with Crippen molar-refractivity contribution in [3.05, 3.63) is 50.1 Å². The molecule has 2 rings (SSSR count). The summed E-state index contributed by atoms with van der Waals surface area (Å²) in [5.41, 5.74) is 3.79. The molecule has 0 bridgehead atoms. The number of anilines is 1. The van der Waals surface area contributed by atoms with Crippen LogP contribution in [0, 0.1) is 0 Å². The van der Waals surface area contributed by atoms with Crippen LogP contribution in [0.4, 0.5) is 5.69 Å². The molecule has 0 aliphatic heterocycles. The van der Waals surface area contributed by atoms with Gasteiger partial charge in [-0.05, 0) is 40.2 Å². The SMILES string of the molecule is Clc1cccc(N/N=C\c2cc(Br)cs2)c1. The Kier molecular flexibility index (Phi) is 3.98. The second-order valence-corrected chi connectivity index (χ2v) is 5.34. The number of nitrogens with one attached hydrogen (secondary N) is 1. The average Bonchev–Trinajstić information content (AvgIpc) is 2.64. The van der Waals surface area contributed by atoms with Gasteiger partial charge in [0.1, 0.15) is 0 Å². The summed E-state index contributed by atoms with van der Waals surface area (Å²) in [6.07, 6.45) is 1.77. The Balaban J connectivity index is 1.99. The molecule has 0 aliphatic rings. The normalized spacial score (nSPS) is 10.9. The highest BCUT2D eigenvalue weighted by atomic mass is 79.9. The van der Waals surface area contributed by atoms with Gasteiger partial charge >= 0.3 is 0 Å². The summed E-state index contributed by atoms with van der Waals surface area (Å²) in [4.78, 5) is 1.08. The van der Waals surface area contributed by atoms with Crippen LogP contribution in [0.5, 0.6) is 0 Å². The lowest BCUT2D eigenvalue weighted by Gasteiger charge is -1.98. The molecule has 0 unspecified atom stereocenters. The highest BCUT2D eigenvalue weighted by Crippen LogP contribution is 2.18. The summed E-state index contributed by atoms with van der Waals surface area (Å²) in [7, 11) is 0. The number of hydrazone groups is 1.